The van der Waals surface area contributed by atoms with E-state index in [1.165, 1.54) is 0 Å². The van der Waals surface area contributed by atoms with Gasteiger partial charge in [-0.05, 0) is 38.5 Å². The summed E-state index contributed by atoms with van der Waals surface area (Å²) in [6.07, 6.45) is 2.92. The summed E-state index contributed by atoms with van der Waals surface area (Å²) in [7, 11) is 0. The summed E-state index contributed by atoms with van der Waals surface area (Å²) in [5, 5.41) is 15.0. The first kappa shape index (κ1) is 16.8. The van der Waals surface area contributed by atoms with Crippen LogP contribution in [0.25, 0.3) is 0 Å². The number of nitrogens with one attached hydrogen (secondary N) is 1. The minimum absolute atomic E-state index is 0.0147. The molecule has 4 N–H and O–H groups in total. The molecule has 1 amide bonds. The van der Waals surface area contributed by atoms with Crippen molar-refractivity contribution < 1.29 is 14.7 Å². The summed E-state index contributed by atoms with van der Waals surface area (Å²) in [6, 6.07) is 0.0652. The topological polar surface area (TPSA) is 96.9 Å². The molecule has 1 rings (SSSR count). The molecule has 1 atom stereocenters. The molecule has 0 saturated carbocycles. The number of hydrogen-bond acceptors (Lipinski definition) is 4. The van der Waals surface area contributed by atoms with E-state index < -0.39 is 5.41 Å². The van der Waals surface area contributed by atoms with Crippen molar-refractivity contribution in [3.05, 3.63) is 0 Å². The van der Waals surface area contributed by atoms with Gasteiger partial charge in [0.25, 0.3) is 0 Å². The maximum atomic E-state index is 12.6. The molecule has 6 heteroatoms. The third-order valence-corrected chi connectivity index (χ3v) is 4.57. The average molecular weight is 285 g/mol. The van der Waals surface area contributed by atoms with Gasteiger partial charge in [-0.3, -0.25) is 4.79 Å². The Morgan fingerprint density at radius 3 is 2.45 bits per heavy atom. The Kier molecular flexibility index (Phi) is 6.26. The lowest BCUT2D eigenvalue weighted by atomic mass is 9.79. The molecule has 1 fully saturated rings. The number of nitrogens with zero attached hydrogens (tertiary/aromatic N) is 1. The Morgan fingerprint density at radius 2 is 2.00 bits per heavy atom. The number of amides is 1. The largest absolute Gasteiger partial charge is 0.409 e. The van der Waals surface area contributed by atoms with Gasteiger partial charge in [-0.25, -0.2) is 0 Å². The number of amidine groups is 1. The zero-order chi connectivity index (χ0) is 15.2. The van der Waals surface area contributed by atoms with Crippen molar-refractivity contribution in [1.29, 1.82) is 0 Å². The zero-order valence-electron chi connectivity index (χ0n) is 12.7. The number of hydrogen-bond donors (Lipinski definition) is 3. The predicted molar refractivity (Wildman–Crippen MR) is 77.6 cm³/mol. The summed E-state index contributed by atoms with van der Waals surface area (Å²) in [6.45, 7) is 7.26. The van der Waals surface area contributed by atoms with Gasteiger partial charge in [-0.15, -0.1) is 0 Å². The summed E-state index contributed by atoms with van der Waals surface area (Å²) >= 11 is 0. The van der Waals surface area contributed by atoms with Gasteiger partial charge in [0, 0.05) is 19.3 Å². The first-order valence-corrected chi connectivity index (χ1v) is 7.38. The highest BCUT2D eigenvalue weighted by molar-refractivity contribution is 6.06. The summed E-state index contributed by atoms with van der Waals surface area (Å²) in [5.74, 6) is 0.252. The first-order valence-electron chi connectivity index (χ1n) is 7.38. The Balaban J connectivity index is 2.75. The van der Waals surface area contributed by atoms with E-state index in [4.69, 9.17) is 15.7 Å². The third-order valence-electron chi connectivity index (χ3n) is 4.57. The van der Waals surface area contributed by atoms with Gasteiger partial charge < -0.3 is 21.0 Å². The van der Waals surface area contributed by atoms with Crippen LogP contribution in [0, 0.1) is 11.3 Å². The summed E-state index contributed by atoms with van der Waals surface area (Å²) in [5.41, 5.74) is 4.83. The lowest BCUT2D eigenvalue weighted by Crippen LogP contribution is -2.53. The molecule has 6 nitrogen and oxygen atoms in total. The summed E-state index contributed by atoms with van der Waals surface area (Å²) in [4.78, 5) is 12.6. The number of ether oxygens (including phenoxy) is 1. The van der Waals surface area contributed by atoms with Gasteiger partial charge in [0.1, 0.15) is 5.41 Å². The second-order valence-corrected chi connectivity index (χ2v) is 5.49. The minimum atomic E-state index is -0.922. The predicted octanol–water partition coefficient (Wildman–Crippen LogP) is 1.47. The molecule has 0 bridgehead atoms. The van der Waals surface area contributed by atoms with E-state index in [9.17, 15) is 4.79 Å². The molecule has 1 heterocycles. The number of nitrogens with two attached hydrogens (primary N) is 1. The molecular weight excluding hydrogens is 258 g/mol. The van der Waals surface area contributed by atoms with Crippen molar-refractivity contribution in [1.82, 2.24) is 5.32 Å². The van der Waals surface area contributed by atoms with Crippen LogP contribution < -0.4 is 11.1 Å². The molecule has 1 aliphatic heterocycles. The molecule has 0 radical (unpaired) electrons. The first-order chi connectivity index (χ1) is 9.51. The van der Waals surface area contributed by atoms with Crippen LogP contribution in [0.1, 0.15) is 46.5 Å². The highest BCUT2D eigenvalue weighted by Crippen LogP contribution is 2.28. The molecule has 0 spiro atoms. The van der Waals surface area contributed by atoms with E-state index in [2.05, 4.69) is 10.5 Å². The fourth-order valence-electron chi connectivity index (χ4n) is 2.82. The van der Waals surface area contributed by atoms with E-state index >= 15 is 0 Å². The van der Waals surface area contributed by atoms with Crippen molar-refractivity contribution in [3.63, 3.8) is 0 Å². The van der Waals surface area contributed by atoms with Crippen molar-refractivity contribution in [3.8, 4) is 0 Å². The van der Waals surface area contributed by atoms with Gasteiger partial charge in [-0.1, -0.05) is 19.0 Å². The van der Waals surface area contributed by atoms with Crippen LogP contribution in [-0.2, 0) is 9.53 Å². The second-order valence-electron chi connectivity index (χ2n) is 5.49. The molecule has 0 aromatic heterocycles. The van der Waals surface area contributed by atoms with Crippen molar-refractivity contribution in [2.45, 2.75) is 52.5 Å². The minimum Gasteiger partial charge on any atom is -0.409 e. The second kappa shape index (κ2) is 7.47. The number of carbonyl (C=O) groups is 1. The smallest absolute Gasteiger partial charge is 0.234 e. The van der Waals surface area contributed by atoms with Crippen LogP contribution in [0.15, 0.2) is 5.16 Å². The molecule has 1 saturated heterocycles. The van der Waals surface area contributed by atoms with Gasteiger partial charge in [0.2, 0.25) is 5.91 Å². The van der Waals surface area contributed by atoms with Crippen LogP contribution in [0.3, 0.4) is 0 Å². The molecule has 20 heavy (non-hydrogen) atoms. The van der Waals surface area contributed by atoms with E-state index in [0.29, 0.717) is 18.8 Å². The molecule has 0 aromatic rings. The molecule has 0 aliphatic carbocycles. The van der Waals surface area contributed by atoms with E-state index in [0.717, 1.165) is 26.1 Å². The Labute approximate surface area is 120 Å². The van der Waals surface area contributed by atoms with Crippen LogP contribution in [0.2, 0.25) is 0 Å². The summed E-state index contributed by atoms with van der Waals surface area (Å²) < 4.78 is 5.34. The van der Waals surface area contributed by atoms with E-state index in [1.807, 2.05) is 20.8 Å². The normalized spacial score (nSPS) is 19.6. The Bertz CT molecular complexity index is 348. The van der Waals surface area contributed by atoms with E-state index in [1.54, 1.807) is 0 Å². The van der Waals surface area contributed by atoms with Gasteiger partial charge in [0.05, 0.1) is 0 Å². The van der Waals surface area contributed by atoms with E-state index in [-0.39, 0.29) is 17.8 Å². The fraction of sp³-hybridized carbons (Fsp3) is 0.857. The Hall–Kier alpha value is -1.30. The molecule has 116 valence electrons. The SMILES string of the molecule is CCC(CC)(C(=O)NC(C)C1CCOCC1)C(N)=NO. The molecule has 0 aromatic carbocycles. The van der Waals surface area contributed by atoms with Gasteiger partial charge >= 0.3 is 0 Å². The average Bonchev–Trinajstić information content (AvgIpc) is 2.49. The Morgan fingerprint density at radius 1 is 1.45 bits per heavy atom. The third kappa shape index (κ3) is 3.42. The van der Waals surface area contributed by atoms with Crippen LogP contribution in [0.4, 0.5) is 0 Å². The van der Waals surface area contributed by atoms with Gasteiger partial charge in [0.15, 0.2) is 5.84 Å². The highest BCUT2D eigenvalue weighted by Gasteiger charge is 2.40. The quantitative estimate of drug-likeness (QED) is 0.298. The van der Waals surface area contributed by atoms with Crippen molar-refractivity contribution >= 4 is 11.7 Å². The fourth-order valence-corrected chi connectivity index (χ4v) is 2.82. The number of carbonyl (C=O) groups excluding carboxylic acids is 1. The van der Waals surface area contributed by atoms with Crippen LogP contribution in [-0.4, -0.2) is 36.2 Å². The van der Waals surface area contributed by atoms with Crippen LogP contribution in [0.5, 0.6) is 0 Å². The molecular formula is C14H27N3O3. The maximum Gasteiger partial charge on any atom is 0.234 e. The standard InChI is InChI=1S/C14H27N3O3/c1-4-14(5-2,12(15)17-19)13(18)16-10(3)11-6-8-20-9-7-11/h10-11,19H,4-9H2,1-3H3,(H2,15,17)(H,16,18). The number of oxime groups is 1. The van der Waals surface area contributed by atoms with Crippen molar-refractivity contribution in [2.75, 3.05) is 13.2 Å². The van der Waals surface area contributed by atoms with Gasteiger partial charge in [-0.2, -0.15) is 0 Å². The zero-order valence-corrected chi connectivity index (χ0v) is 12.7. The monoisotopic (exact) mass is 285 g/mol. The lowest BCUT2D eigenvalue weighted by molar-refractivity contribution is -0.129. The highest BCUT2D eigenvalue weighted by atomic mass is 16.5. The lowest BCUT2D eigenvalue weighted by Gasteiger charge is -2.33. The number of rotatable bonds is 6. The van der Waals surface area contributed by atoms with Crippen molar-refractivity contribution in [2.24, 2.45) is 22.2 Å². The molecule has 1 aliphatic rings. The maximum absolute atomic E-state index is 12.6. The molecule has 1 unspecified atom stereocenters. The van der Waals surface area contributed by atoms with Crippen LogP contribution >= 0.6 is 0 Å².